The van der Waals surface area contributed by atoms with E-state index in [2.05, 4.69) is 5.32 Å². The molecule has 0 radical (unpaired) electrons. The van der Waals surface area contributed by atoms with E-state index in [-0.39, 0.29) is 22.8 Å². The second kappa shape index (κ2) is 9.91. The van der Waals surface area contributed by atoms with Crippen molar-refractivity contribution in [3.8, 4) is 0 Å². The van der Waals surface area contributed by atoms with Crippen molar-refractivity contribution in [2.45, 2.75) is 94.5 Å². The van der Waals surface area contributed by atoms with Crippen molar-refractivity contribution < 1.29 is 18.0 Å². The van der Waals surface area contributed by atoms with Crippen LogP contribution in [-0.4, -0.2) is 49.7 Å². The van der Waals surface area contributed by atoms with Crippen LogP contribution in [0.2, 0.25) is 0 Å². The van der Waals surface area contributed by atoms with Crippen LogP contribution in [0.15, 0.2) is 23.1 Å². The Bertz CT molecular complexity index is 948. The lowest BCUT2D eigenvalue weighted by atomic mass is 10.1. The van der Waals surface area contributed by atoms with Gasteiger partial charge in [-0.05, 0) is 49.4 Å². The summed E-state index contributed by atoms with van der Waals surface area (Å²) >= 11 is 0. The average molecular weight is 462 g/mol. The molecule has 0 bridgehead atoms. The van der Waals surface area contributed by atoms with Gasteiger partial charge in [0.1, 0.15) is 6.04 Å². The van der Waals surface area contributed by atoms with Crippen LogP contribution >= 0.6 is 0 Å². The summed E-state index contributed by atoms with van der Waals surface area (Å²) in [6.45, 7) is 2.88. The normalized spacial score (nSPS) is 22.9. The summed E-state index contributed by atoms with van der Waals surface area (Å²) in [5, 5.41) is 3.18. The first kappa shape index (κ1) is 23.2. The number of carbonyl (C=O) groups excluding carboxylic acids is 2. The summed E-state index contributed by atoms with van der Waals surface area (Å²) in [6.07, 6.45) is 10.1. The zero-order valence-corrected chi connectivity index (χ0v) is 19.8. The quantitative estimate of drug-likeness (QED) is 0.681. The standard InChI is InChI=1S/C24H35N3O4S/c1-2-23(28)27-21-13-12-20(32(30,31)26-14-8-5-9-15-26)16-18(21)17-22(27)24(29)25-19-10-6-3-4-7-11-19/h12-13,16,19,22H,2-11,14-15,17H2,1H3,(H,25,29)/t22-/m0/s1. The highest BCUT2D eigenvalue weighted by Gasteiger charge is 2.39. The first-order chi connectivity index (χ1) is 15.4. The molecule has 0 aromatic heterocycles. The lowest BCUT2D eigenvalue weighted by Crippen LogP contribution is -2.50. The fourth-order valence-electron chi connectivity index (χ4n) is 5.25. The second-order valence-corrected chi connectivity index (χ2v) is 11.2. The van der Waals surface area contributed by atoms with Crippen LogP contribution in [0.1, 0.15) is 76.7 Å². The third-order valence-corrected chi connectivity index (χ3v) is 8.96. The van der Waals surface area contributed by atoms with Crippen molar-refractivity contribution in [3.63, 3.8) is 0 Å². The fourth-order valence-corrected chi connectivity index (χ4v) is 6.82. The first-order valence-electron chi connectivity index (χ1n) is 12.2. The van der Waals surface area contributed by atoms with E-state index in [4.69, 9.17) is 0 Å². The van der Waals surface area contributed by atoms with Gasteiger partial charge in [-0.3, -0.25) is 14.5 Å². The minimum Gasteiger partial charge on any atom is -0.352 e. The van der Waals surface area contributed by atoms with Crippen molar-refractivity contribution >= 4 is 27.5 Å². The molecule has 1 aliphatic carbocycles. The molecule has 4 rings (SSSR count). The summed E-state index contributed by atoms with van der Waals surface area (Å²) in [5.74, 6) is -0.244. The molecule has 1 saturated heterocycles. The lowest BCUT2D eigenvalue weighted by molar-refractivity contribution is -0.126. The molecule has 1 N–H and O–H groups in total. The molecule has 8 heteroatoms. The number of nitrogens with one attached hydrogen (secondary N) is 1. The van der Waals surface area contributed by atoms with Crippen molar-refractivity contribution in [2.24, 2.45) is 0 Å². The third-order valence-electron chi connectivity index (χ3n) is 7.06. The molecule has 2 aliphatic heterocycles. The van der Waals surface area contributed by atoms with E-state index >= 15 is 0 Å². The number of fused-ring (bicyclic) bond motifs is 1. The number of nitrogens with zero attached hydrogens (tertiary/aromatic N) is 2. The number of anilines is 1. The van der Waals surface area contributed by atoms with Gasteiger partial charge in [-0.2, -0.15) is 4.31 Å². The number of piperidine rings is 1. The van der Waals surface area contributed by atoms with Crippen LogP contribution in [0.25, 0.3) is 0 Å². The molecule has 176 valence electrons. The molecule has 1 atom stereocenters. The maximum atomic E-state index is 13.2. The van der Waals surface area contributed by atoms with Gasteiger partial charge in [-0.15, -0.1) is 0 Å². The van der Waals surface area contributed by atoms with Crippen molar-refractivity contribution in [2.75, 3.05) is 18.0 Å². The molecule has 0 unspecified atom stereocenters. The van der Waals surface area contributed by atoms with Gasteiger partial charge in [0.25, 0.3) is 0 Å². The highest BCUT2D eigenvalue weighted by atomic mass is 32.2. The smallest absolute Gasteiger partial charge is 0.243 e. The van der Waals surface area contributed by atoms with Crippen LogP contribution in [0.3, 0.4) is 0 Å². The number of hydrogen-bond acceptors (Lipinski definition) is 4. The SMILES string of the molecule is CCC(=O)N1c2ccc(S(=O)(=O)N3CCCCC3)cc2C[C@H]1C(=O)NC1CCCCCC1. The van der Waals surface area contributed by atoms with E-state index in [1.165, 1.54) is 12.8 Å². The van der Waals surface area contributed by atoms with E-state index in [1.54, 1.807) is 34.3 Å². The number of amides is 2. The molecule has 1 aromatic carbocycles. The molecule has 32 heavy (non-hydrogen) atoms. The third kappa shape index (κ3) is 4.71. The van der Waals surface area contributed by atoms with Crippen molar-refractivity contribution in [3.05, 3.63) is 23.8 Å². The van der Waals surface area contributed by atoms with Crippen LogP contribution in [0, 0.1) is 0 Å². The fraction of sp³-hybridized carbons (Fsp3) is 0.667. The molecule has 1 aromatic rings. The highest BCUT2D eigenvalue weighted by molar-refractivity contribution is 7.89. The molecule has 2 amide bonds. The number of sulfonamides is 1. The summed E-state index contributed by atoms with van der Waals surface area (Å²) in [4.78, 5) is 27.8. The Morgan fingerprint density at radius 3 is 2.31 bits per heavy atom. The Labute approximate surface area is 191 Å². The van der Waals surface area contributed by atoms with Gasteiger partial charge in [0.15, 0.2) is 0 Å². The van der Waals surface area contributed by atoms with Gasteiger partial charge >= 0.3 is 0 Å². The number of hydrogen-bond donors (Lipinski definition) is 1. The Hall–Kier alpha value is -1.93. The van der Waals surface area contributed by atoms with E-state index in [0.717, 1.165) is 50.5 Å². The van der Waals surface area contributed by atoms with Crippen LogP contribution < -0.4 is 10.2 Å². The second-order valence-electron chi connectivity index (χ2n) is 9.29. The predicted molar refractivity (Wildman–Crippen MR) is 124 cm³/mol. The summed E-state index contributed by atoms with van der Waals surface area (Å²) < 4.78 is 27.8. The Kier molecular flexibility index (Phi) is 7.20. The minimum absolute atomic E-state index is 0.114. The molecule has 0 spiro atoms. The molecule has 2 fully saturated rings. The van der Waals surface area contributed by atoms with Gasteiger partial charge in [0.2, 0.25) is 21.8 Å². The first-order valence-corrected chi connectivity index (χ1v) is 13.6. The monoisotopic (exact) mass is 461 g/mol. The number of benzene rings is 1. The van der Waals surface area contributed by atoms with Crippen molar-refractivity contribution in [1.82, 2.24) is 9.62 Å². The summed E-state index contributed by atoms with van der Waals surface area (Å²) in [5.41, 5.74) is 1.42. The Morgan fingerprint density at radius 2 is 1.66 bits per heavy atom. The zero-order valence-electron chi connectivity index (χ0n) is 19.0. The maximum Gasteiger partial charge on any atom is 0.243 e. The highest BCUT2D eigenvalue weighted by Crippen LogP contribution is 2.36. The summed E-state index contributed by atoms with van der Waals surface area (Å²) in [7, 11) is -3.56. The largest absolute Gasteiger partial charge is 0.352 e. The molecular formula is C24H35N3O4S. The van der Waals surface area contributed by atoms with Gasteiger partial charge in [-0.25, -0.2) is 8.42 Å². The van der Waals surface area contributed by atoms with Gasteiger partial charge < -0.3 is 5.32 Å². The maximum absolute atomic E-state index is 13.2. The summed E-state index contributed by atoms with van der Waals surface area (Å²) in [6, 6.07) is 4.51. The van der Waals surface area contributed by atoms with E-state index in [0.29, 0.717) is 31.6 Å². The van der Waals surface area contributed by atoms with Gasteiger partial charge in [0, 0.05) is 37.7 Å². The number of rotatable bonds is 5. The van der Waals surface area contributed by atoms with Gasteiger partial charge in [0.05, 0.1) is 4.90 Å². The van der Waals surface area contributed by atoms with Gasteiger partial charge in [-0.1, -0.05) is 39.0 Å². The minimum atomic E-state index is -3.56. The van der Waals surface area contributed by atoms with Crippen LogP contribution in [-0.2, 0) is 26.0 Å². The molecule has 2 heterocycles. The zero-order chi connectivity index (χ0) is 22.7. The predicted octanol–water partition coefficient (Wildman–Crippen LogP) is 3.37. The van der Waals surface area contributed by atoms with Crippen LogP contribution in [0.4, 0.5) is 5.69 Å². The van der Waals surface area contributed by atoms with Crippen molar-refractivity contribution in [1.29, 1.82) is 0 Å². The van der Waals surface area contributed by atoms with E-state index < -0.39 is 16.1 Å². The Balaban J connectivity index is 1.57. The van der Waals surface area contributed by atoms with Crippen LogP contribution in [0.5, 0.6) is 0 Å². The topological polar surface area (TPSA) is 86.8 Å². The lowest BCUT2D eigenvalue weighted by Gasteiger charge is -2.27. The molecule has 1 saturated carbocycles. The van der Waals surface area contributed by atoms with E-state index in [1.807, 2.05) is 0 Å². The van der Waals surface area contributed by atoms with E-state index in [9.17, 15) is 18.0 Å². The average Bonchev–Trinajstić information content (AvgIpc) is 3.01. The molecular weight excluding hydrogens is 426 g/mol. The molecule has 3 aliphatic rings. The Morgan fingerprint density at radius 1 is 1.00 bits per heavy atom. The number of carbonyl (C=O) groups is 2. The molecule has 7 nitrogen and oxygen atoms in total.